The third-order valence-corrected chi connectivity index (χ3v) is 21.5. The van der Waals surface area contributed by atoms with Gasteiger partial charge in [-0.15, -0.1) is 0 Å². The maximum absolute atomic E-state index is 11.6. The van der Waals surface area contributed by atoms with Crippen LogP contribution in [0.2, 0.25) is 15.1 Å². The highest BCUT2D eigenvalue weighted by Crippen LogP contribution is 2.75. The van der Waals surface area contributed by atoms with Crippen molar-refractivity contribution >= 4 is 52.0 Å². The molecule has 0 unspecified atom stereocenters. The van der Waals surface area contributed by atoms with Crippen molar-refractivity contribution in [3.8, 4) is 5.75 Å². The second-order valence-electron chi connectivity index (χ2n) is 25.0. The zero-order chi connectivity index (χ0) is 57.4. The number of piperidine rings is 1. The highest BCUT2D eigenvalue weighted by molar-refractivity contribution is 6.35. The van der Waals surface area contributed by atoms with Crippen LogP contribution in [0.4, 0.5) is 5.69 Å². The van der Waals surface area contributed by atoms with Gasteiger partial charge in [0, 0.05) is 84.0 Å². The molecule has 14 nitrogen and oxygen atoms in total. The normalized spacial score (nSPS) is 32.0. The molecule has 5 aromatic rings. The Labute approximate surface area is 498 Å². The molecule has 3 aliphatic heterocycles. The van der Waals surface area contributed by atoms with Crippen LogP contribution in [0.5, 0.6) is 5.75 Å². The summed E-state index contributed by atoms with van der Waals surface area (Å²) in [5, 5.41) is 46.6. The number of rotatable bonds is 9. The van der Waals surface area contributed by atoms with Gasteiger partial charge in [-0.2, -0.15) is 0 Å². The maximum Gasteiger partial charge on any atom is 0.219 e. The summed E-state index contributed by atoms with van der Waals surface area (Å²) in [7, 11) is 0. The maximum atomic E-state index is 11.6. The number of hydrogen-bond donors (Lipinski definition) is 5. The average Bonchev–Trinajstić information content (AvgIpc) is 2.95. The standard InChI is InChI=1S/C26H28Cl2N4O4.C20H34O4.C19H19ClN2/c1-19(33)31-10-12-32(13-11-31)21-3-5-22(6-4-21)34-15-23-16-35-26(36-23,17-30-9-8-29-18-30)24-7-2-20(27)14-25(24)28;1-17(11-21)15-4-3-13-9-14-10-19(13,7-8-20(14,24)12-22)18(15,2)6-5-16(17)23;20-16-5-6-17-15(12-16)4-3-14-2-1-9-22-19(14)18(17)13-7-10-21-11-8-13/h2-9,14,18,23H,10-13,15-17H2,1H3;13-16,21-24H,3-12H2,1-2H3;1-2,5-6,9,12,21H,3-4,7-8,10-11H2/t23-,26-;13-,14+,15-,16+,17-,18-,19-,20-;/m00./s1. The highest BCUT2D eigenvalue weighted by Gasteiger charge is 2.70. The Balaban J connectivity index is 0.000000134. The Morgan fingerprint density at radius 3 is 2.32 bits per heavy atom. The molecule has 3 saturated heterocycles. The summed E-state index contributed by atoms with van der Waals surface area (Å²) in [6, 6.07) is 23.9. The van der Waals surface area contributed by atoms with E-state index in [0.29, 0.717) is 53.6 Å². The van der Waals surface area contributed by atoms with Crippen LogP contribution < -0.4 is 15.0 Å². The van der Waals surface area contributed by atoms with Crippen LogP contribution >= 0.6 is 34.8 Å². The Morgan fingerprint density at radius 2 is 1.60 bits per heavy atom. The fraction of sp³-hybridized carbons (Fsp3) is 0.554. The van der Waals surface area contributed by atoms with Gasteiger partial charge in [-0.1, -0.05) is 72.4 Å². The molecular weight excluding hydrogens is 1100 g/mol. The lowest BCUT2D eigenvalue weighted by atomic mass is 9.39. The predicted octanol–water partition coefficient (Wildman–Crippen LogP) is 10.3. The van der Waals surface area contributed by atoms with E-state index in [4.69, 9.17) is 54.0 Å². The Morgan fingerprint density at radius 1 is 0.841 bits per heavy atom. The Kier molecular flexibility index (Phi) is 17.6. The van der Waals surface area contributed by atoms with Gasteiger partial charge in [0.15, 0.2) is 0 Å². The summed E-state index contributed by atoms with van der Waals surface area (Å²) in [6.07, 6.45) is 18.5. The molecular formula is C65H81Cl3N6O8. The fourth-order valence-electron chi connectivity index (χ4n) is 16.1. The number of anilines is 1. The third kappa shape index (κ3) is 11.4. The molecule has 5 heterocycles. The van der Waals surface area contributed by atoms with E-state index >= 15 is 0 Å². The number of pyridine rings is 1. The number of nitrogens with zero attached hydrogens (tertiary/aromatic N) is 5. The summed E-state index contributed by atoms with van der Waals surface area (Å²) < 4.78 is 20.6. The van der Waals surface area contributed by atoms with Crippen molar-refractivity contribution in [1.82, 2.24) is 24.8 Å². The first kappa shape index (κ1) is 59.2. The molecule has 82 heavy (non-hydrogen) atoms. The molecule has 13 rings (SSSR count). The number of amides is 1. The van der Waals surface area contributed by atoms with Gasteiger partial charge in [-0.3, -0.25) is 9.78 Å². The van der Waals surface area contributed by atoms with Gasteiger partial charge in [-0.05, 0) is 190 Å². The van der Waals surface area contributed by atoms with Crippen molar-refractivity contribution < 1.29 is 39.4 Å². The van der Waals surface area contributed by atoms with Gasteiger partial charge in [0.2, 0.25) is 11.7 Å². The SMILES string of the molecule is CC(=O)N1CCN(c2ccc(OC[C@H]3CO[C@](Cn4ccnc4)(c4ccc(Cl)cc4Cl)O3)cc2)CC1.C[C@@]1(CO)[C@H](O)CC[C@@]2(C)[C@H]1CC[C@H]1C[C@@H]3C[C@@]12CC[C@]3(O)CO.Clc1ccc2c(c1)CCc1cccnc1C2=C1CCNCC1. The second kappa shape index (κ2) is 24.4. The Hall–Kier alpha value is -4.58. The van der Waals surface area contributed by atoms with Gasteiger partial charge < -0.3 is 54.3 Å². The van der Waals surface area contributed by atoms with Crippen molar-refractivity contribution in [3.63, 3.8) is 0 Å². The van der Waals surface area contributed by atoms with Gasteiger partial charge in [0.1, 0.15) is 18.5 Å². The molecule has 7 fully saturated rings. The van der Waals surface area contributed by atoms with Crippen LogP contribution in [-0.4, -0.2) is 129 Å². The van der Waals surface area contributed by atoms with E-state index in [1.54, 1.807) is 31.6 Å². The Bertz CT molecular complexity index is 3080. The number of aryl methyl sites for hydroxylation is 2. The molecule has 2 bridgehead atoms. The monoisotopic (exact) mass is 1180 g/mol. The minimum Gasteiger partial charge on any atom is -0.491 e. The van der Waals surface area contributed by atoms with Crippen molar-refractivity contribution in [1.29, 1.82) is 0 Å². The van der Waals surface area contributed by atoms with E-state index in [1.807, 2.05) is 64.3 Å². The van der Waals surface area contributed by atoms with Crippen LogP contribution in [0.3, 0.4) is 0 Å². The van der Waals surface area contributed by atoms with Crippen LogP contribution in [0.15, 0.2) is 103 Å². The number of aromatic nitrogens is 3. The van der Waals surface area contributed by atoms with Gasteiger partial charge in [0.25, 0.3) is 0 Å². The van der Waals surface area contributed by atoms with E-state index in [1.165, 1.54) is 33.5 Å². The van der Waals surface area contributed by atoms with E-state index in [-0.39, 0.29) is 42.0 Å². The number of aliphatic hydroxyl groups excluding tert-OH is 3. The zero-order valence-corrected chi connectivity index (χ0v) is 49.9. The van der Waals surface area contributed by atoms with Crippen LogP contribution in [0.25, 0.3) is 5.57 Å². The van der Waals surface area contributed by atoms with Crippen molar-refractivity contribution in [2.45, 2.75) is 128 Å². The fourth-order valence-corrected chi connectivity index (χ4v) is 16.9. The van der Waals surface area contributed by atoms with E-state index in [9.17, 15) is 25.2 Å². The van der Waals surface area contributed by atoms with Crippen LogP contribution in [-0.2, 0) is 39.4 Å². The largest absolute Gasteiger partial charge is 0.491 e. The van der Waals surface area contributed by atoms with Crippen LogP contribution in [0, 0.1) is 34.0 Å². The van der Waals surface area contributed by atoms with E-state index in [2.05, 4.69) is 47.2 Å². The molecule has 3 aromatic carbocycles. The number of carbonyl (C=O) groups is 1. The van der Waals surface area contributed by atoms with Crippen LogP contribution in [0.1, 0.15) is 113 Å². The second-order valence-corrected chi connectivity index (χ2v) is 26.3. The molecule has 5 N–H and O–H groups in total. The number of carbonyl (C=O) groups excluding carboxylic acids is 1. The number of hydrogen-bond acceptors (Lipinski definition) is 12. The zero-order valence-electron chi connectivity index (χ0n) is 47.7. The minimum atomic E-state index is -1.08. The highest BCUT2D eigenvalue weighted by atomic mass is 35.5. The molecule has 0 radical (unpaired) electrons. The predicted molar refractivity (Wildman–Crippen MR) is 320 cm³/mol. The lowest BCUT2D eigenvalue weighted by Crippen LogP contribution is -2.63. The molecule has 440 valence electrons. The number of halogens is 3. The quantitative estimate of drug-likeness (QED) is 0.0947. The van der Waals surface area contributed by atoms with Gasteiger partial charge in [-0.25, -0.2) is 4.98 Å². The summed E-state index contributed by atoms with van der Waals surface area (Å²) in [4.78, 5) is 24.6. The number of aliphatic hydroxyl groups is 4. The smallest absolute Gasteiger partial charge is 0.219 e. The molecule has 17 heteroatoms. The lowest BCUT2D eigenvalue weighted by Gasteiger charge is -2.66. The van der Waals surface area contributed by atoms with E-state index < -0.39 is 22.9 Å². The number of nitrogens with one attached hydrogen (secondary N) is 1. The minimum absolute atomic E-state index is 0.0547. The van der Waals surface area contributed by atoms with Crippen molar-refractivity contribution in [2.24, 2.45) is 34.0 Å². The molecule has 5 aliphatic carbocycles. The number of imidazole rings is 1. The topological polar surface area (TPSA) is 175 Å². The van der Waals surface area contributed by atoms with Crippen molar-refractivity contribution in [2.75, 3.05) is 70.6 Å². The molecule has 1 amide bonds. The summed E-state index contributed by atoms with van der Waals surface area (Å²) in [6.45, 7) is 12.4. The number of ether oxygens (including phenoxy) is 3. The third-order valence-electron chi connectivity index (χ3n) is 20.7. The van der Waals surface area contributed by atoms with Gasteiger partial charge >= 0.3 is 0 Å². The first-order chi connectivity index (χ1) is 39.5. The molecule has 1 spiro atoms. The van der Waals surface area contributed by atoms with Crippen molar-refractivity contribution in [3.05, 3.63) is 146 Å². The van der Waals surface area contributed by atoms with E-state index in [0.717, 1.165) is 126 Å². The number of benzene rings is 3. The average molecular weight is 1180 g/mol. The summed E-state index contributed by atoms with van der Waals surface area (Å²) in [5.74, 6) is 0.980. The first-order valence-corrected chi connectivity index (χ1v) is 30.9. The molecule has 4 saturated carbocycles. The summed E-state index contributed by atoms with van der Waals surface area (Å²) in [5.41, 5.74) is 8.99. The lowest BCUT2D eigenvalue weighted by molar-refractivity contribution is -0.216. The first-order valence-electron chi connectivity index (χ1n) is 29.7. The molecule has 2 aromatic heterocycles. The van der Waals surface area contributed by atoms with Gasteiger partial charge in [0.05, 0.1) is 55.1 Å². The number of piperazine rings is 1. The summed E-state index contributed by atoms with van der Waals surface area (Å²) >= 11 is 18.9. The number of fused-ring (bicyclic) bond motifs is 4. The molecule has 8 aliphatic rings. The molecule has 10 atom stereocenters.